The molecule has 120 valence electrons. The van der Waals surface area contributed by atoms with Crippen molar-refractivity contribution in [3.05, 3.63) is 0 Å². The van der Waals surface area contributed by atoms with Gasteiger partial charge in [0.25, 0.3) is 0 Å². The zero-order chi connectivity index (χ0) is 15.0. The molecule has 0 aromatic heterocycles. The summed E-state index contributed by atoms with van der Waals surface area (Å²) >= 11 is 0. The van der Waals surface area contributed by atoms with Crippen LogP contribution < -0.4 is 5.32 Å². The van der Waals surface area contributed by atoms with Gasteiger partial charge in [0.2, 0.25) is 0 Å². The molecule has 1 rings (SSSR count). The van der Waals surface area contributed by atoms with Crippen LogP contribution in [0.5, 0.6) is 0 Å². The molecule has 1 saturated heterocycles. The predicted molar refractivity (Wildman–Crippen MR) is 88.4 cm³/mol. The second-order valence-electron chi connectivity index (χ2n) is 6.45. The lowest BCUT2D eigenvalue weighted by Gasteiger charge is -2.38. The highest BCUT2D eigenvalue weighted by molar-refractivity contribution is 4.78. The van der Waals surface area contributed by atoms with Crippen LogP contribution in [-0.2, 0) is 0 Å². The normalized spacial score (nSPS) is 19.9. The molecular weight excluding hydrogens is 248 g/mol. The lowest BCUT2D eigenvalue weighted by Crippen LogP contribution is -2.53. The summed E-state index contributed by atoms with van der Waals surface area (Å²) in [5.74, 6) is 0. The lowest BCUT2D eigenvalue weighted by molar-refractivity contribution is 0.0957. The number of rotatable bonds is 9. The Hall–Kier alpha value is -0.160. The van der Waals surface area contributed by atoms with Crippen LogP contribution >= 0.6 is 0 Å². The molecule has 20 heavy (non-hydrogen) atoms. The second-order valence-corrected chi connectivity index (χ2v) is 6.45. The molecule has 1 fully saturated rings. The summed E-state index contributed by atoms with van der Waals surface area (Å²) in [4.78, 5) is 7.51. The maximum Gasteiger partial charge on any atom is 0.0193 e. The van der Waals surface area contributed by atoms with Crippen molar-refractivity contribution in [2.75, 3.05) is 59.9 Å². The minimum absolute atomic E-state index is 0.659. The van der Waals surface area contributed by atoms with Crippen LogP contribution in [0.4, 0.5) is 0 Å². The van der Waals surface area contributed by atoms with E-state index >= 15 is 0 Å². The molecule has 0 radical (unpaired) electrons. The highest BCUT2D eigenvalue weighted by atomic mass is 15.3. The van der Waals surface area contributed by atoms with Gasteiger partial charge in [-0.15, -0.1) is 0 Å². The lowest BCUT2D eigenvalue weighted by atomic mass is 10.1. The number of piperazine rings is 1. The summed E-state index contributed by atoms with van der Waals surface area (Å²) in [6, 6.07) is 1.35. The number of likely N-dealkylation sites (N-methyl/N-ethyl adjacent to an activating group) is 1. The van der Waals surface area contributed by atoms with Crippen LogP contribution in [0.1, 0.15) is 33.6 Å². The summed E-state index contributed by atoms with van der Waals surface area (Å²) in [6.45, 7) is 15.3. The predicted octanol–water partition coefficient (Wildman–Crippen LogP) is 1.33. The number of hydrogen-bond donors (Lipinski definition) is 1. The van der Waals surface area contributed by atoms with E-state index in [1.54, 1.807) is 0 Å². The third-order valence-corrected chi connectivity index (χ3v) is 4.58. The Morgan fingerprint density at radius 1 is 1.05 bits per heavy atom. The Kier molecular flexibility index (Phi) is 8.69. The Labute approximate surface area is 126 Å². The first-order chi connectivity index (χ1) is 9.56. The molecule has 0 amide bonds. The SMILES string of the molecule is CCC(CC)NCC(C)N1CCN(CCN(C)C)CC1. The van der Waals surface area contributed by atoms with Crippen molar-refractivity contribution in [1.82, 2.24) is 20.0 Å². The molecule has 1 aliphatic rings. The molecule has 1 heterocycles. The first-order valence-electron chi connectivity index (χ1n) is 8.41. The van der Waals surface area contributed by atoms with Crippen molar-refractivity contribution >= 4 is 0 Å². The van der Waals surface area contributed by atoms with Gasteiger partial charge >= 0.3 is 0 Å². The van der Waals surface area contributed by atoms with Gasteiger partial charge in [0.05, 0.1) is 0 Å². The van der Waals surface area contributed by atoms with Crippen molar-refractivity contribution in [2.45, 2.75) is 45.7 Å². The summed E-state index contributed by atoms with van der Waals surface area (Å²) in [5, 5.41) is 3.71. The summed E-state index contributed by atoms with van der Waals surface area (Å²) in [6.07, 6.45) is 2.48. The van der Waals surface area contributed by atoms with Crippen molar-refractivity contribution < 1.29 is 0 Å². The number of nitrogens with one attached hydrogen (secondary N) is 1. The van der Waals surface area contributed by atoms with Gasteiger partial charge in [0.15, 0.2) is 0 Å². The zero-order valence-electron chi connectivity index (χ0n) is 14.4. The molecule has 1 N–H and O–H groups in total. The second kappa shape index (κ2) is 9.72. The maximum atomic E-state index is 3.71. The van der Waals surface area contributed by atoms with Gasteiger partial charge in [-0.1, -0.05) is 13.8 Å². The van der Waals surface area contributed by atoms with E-state index in [0.717, 1.165) is 6.54 Å². The summed E-state index contributed by atoms with van der Waals surface area (Å²) in [5.41, 5.74) is 0. The number of nitrogens with zero attached hydrogens (tertiary/aromatic N) is 3. The molecule has 0 aliphatic carbocycles. The van der Waals surface area contributed by atoms with Crippen LogP contribution in [0.3, 0.4) is 0 Å². The van der Waals surface area contributed by atoms with E-state index in [9.17, 15) is 0 Å². The van der Waals surface area contributed by atoms with Crippen LogP contribution in [0.15, 0.2) is 0 Å². The monoisotopic (exact) mass is 284 g/mol. The van der Waals surface area contributed by atoms with Gasteiger partial charge in [0.1, 0.15) is 0 Å². The topological polar surface area (TPSA) is 21.8 Å². The average molecular weight is 284 g/mol. The van der Waals surface area contributed by atoms with Gasteiger partial charge in [-0.2, -0.15) is 0 Å². The summed E-state index contributed by atoms with van der Waals surface area (Å²) < 4.78 is 0. The van der Waals surface area contributed by atoms with Gasteiger partial charge in [-0.3, -0.25) is 9.80 Å². The minimum Gasteiger partial charge on any atom is -0.312 e. The number of hydrogen-bond acceptors (Lipinski definition) is 4. The first kappa shape index (κ1) is 17.9. The van der Waals surface area contributed by atoms with Crippen molar-refractivity contribution in [3.63, 3.8) is 0 Å². The Morgan fingerprint density at radius 3 is 2.15 bits per heavy atom. The van der Waals surface area contributed by atoms with Crippen molar-refractivity contribution in [2.24, 2.45) is 0 Å². The minimum atomic E-state index is 0.659. The Morgan fingerprint density at radius 2 is 1.65 bits per heavy atom. The molecule has 0 aromatic rings. The van der Waals surface area contributed by atoms with Gasteiger partial charge in [-0.05, 0) is 33.9 Å². The maximum absolute atomic E-state index is 3.71. The molecule has 1 aliphatic heterocycles. The van der Waals surface area contributed by atoms with Crippen molar-refractivity contribution in [1.29, 1.82) is 0 Å². The zero-order valence-corrected chi connectivity index (χ0v) is 14.4. The van der Waals surface area contributed by atoms with E-state index < -0.39 is 0 Å². The van der Waals surface area contributed by atoms with Crippen LogP contribution in [0.25, 0.3) is 0 Å². The van der Waals surface area contributed by atoms with Crippen LogP contribution in [-0.4, -0.2) is 86.7 Å². The fourth-order valence-electron chi connectivity index (χ4n) is 2.81. The van der Waals surface area contributed by atoms with Crippen LogP contribution in [0, 0.1) is 0 Å². The fourth-order valence-corrected chi connectivity index (χ4v) is 2.81. The molecule has 4 heteroatoms. The van der Waals surface area contributed by atoms with E-state index in [2.05, 4.69) is 54.9 Å². The van der Waals surface area contributed by atoms with Gasteiger partial charge in [-0.25, -0.2) is 0 Å². The smallest absolute Gasteiger partial charge is 0.0193 e. The molecule has 0 aromatic carbocycles. The van der Waals surface area contributed by atoms with E-state index in [1.807, 2.05) is 0 Å². The standard InChI is InChI=1S/C16H36N4/c1-6-16(7-2)17-14-15(3)20-12-10-19(11-13-20)9-8-18(4)5/h15-17H,6-14H2,1-5H3. The van der Waals surface area contributed by atoms with E-state index in [0.29, 0.717) is 12.1 Å². The van der Waals surface area contributed by atoms with Gasteiger partial charge in [0, 0.05) is 57.9 Å². The fraction of sp³-hybridized carbons (Fsp3) is 1.00. The Bertz CT molecular complexity index is 233. The largest absolute Gasteiger partial charge is 0.312 e. The van der Waals surface area contributed by atoms with Crippen LogP contribution in [0.2, 0.25) is 0 Å². The first-order valence-corrected chi connectivity index (χ1v) is 8.41. The molecular formula is C16H36N4. The molecule has 0 saturated carbocycles. The average Bonchev–Trinajstić information content (AvgIpc) is 2.46. The van der Waals surface area contributed by atoms with E-state index in [-0.39, 0.29) is 0 Å². The molecule has 1 unspecified atom stereocenters. The quantitative estimate of drug-likeness (QED) is 0.689. The molecule has 1 atom stereocenters. The summed E-state index contributed by atoms with van der Waals surface area (Å²) in [7, 11) is 4.31. The van der Waals surface area contributed by atoms with E-state index in [1.165, 1.54) is 52.1 Å². The third-order valence-electron chi connectivity index (χ3n) is 4.58. The van der Waals surface area contributed by atoms with E-state index in [4.69, 9.17) is 0 Å². The highest BCUT2D eigenvalue weighted by Crippen LogP contribution is 2.06. The molecule has 4 nitrogen and oxygen atoms in total. The molecule has 0 bridgehead atoms. The van der Waals surface area contributed by atoms with Gasteiger partial charge < -0.3 is 10.2 Å². The van der Waals surface area contributed by atoms with Crippen molar-refractivity contribution in [3.8, 4) is 0 Å². The Balaban J connectivity index is 2.19. The third kappa shape index (κ3) is 6.53. The highest BCUT2D eigenvalue weighted by Gasteiger charge is 2.21. The molecule has 0 spiro atoms.